The van der Waals surface area contributed by atoms with Gasteiger partial charge in [-0.2, -0.15) is 9.35 Å². The number of hydrogen-bond acceptors (Lipinski definition) is 9. The van der Waals surface area contributed by atoms with Crippen molar-refractivity contribution in [2.24, 2.45) is 10.1 Å². The summed E-state index contributed by atoms with van der Waals surface area (Å²) in [4.78, 5) is 27.6. The monoisotopic (exact) mass is 506 g/mol. The van der Waals surface area contributed by atoms with Gasteiger partial charge < -0.3 is 21.3 Å². The van der Waals surface area contributed by atoms with Gasteiger partial charge in [0.05, 0.1) is 0 Å². The van der Waals surface area contributed by atoms with E-state index < -0.39 is 15.6 Å². The van der Waals surface area contributed by atoms with Gasteiger partial charge in [0.25, 0.3) is 5.91 Å². The normalized spacial score (nSPS) is 17.2. The number of hydrogen-bond donors (Lipinski definition) is 3. The second kappa shape index (κ2) is 9.47. The summed E-state index contributed by atoms with van der Waals surface area (Å²) in [5, 5.41) is 6.34. The number of nitrogens with zero attached hydrogens (tertiary/aromatic N) is 5. The summed E-state index contributed by atoms with van der Waals surface area (Å²) in [7, 11) is -0.210. The minimum Gasteiger partial charge on any atom is -0.365 e. The number of aryl methyl sites for hydroxylation is 1. The molecule has 1 amide bonds. The van der Waals surface area contributed by atoms with Crippen molar-refractivity contribution in [2.75, 3.05) is 36.7 Å². The van der Waals surface area contributed by atoms with E-state index in [-0.39, 0.29) is 11.4 Å². The molecule has 4 N–H and O–H groups in total. The topological polar surface area (TPSA) is 138 Å². The van der Waals surface area contributed by atoms with Crippen LogP contribution in [0.2, 0.25) is 0 Å². The van der Waals surface area contributed by atoms with E-state index in [1.54, 1.807) is 18.2 Å². The molecular weight excluding hydrogens is 476 g/mol. The molecule has 0 radical (unpaired) electrons. The Morgan fingerprint density at radius 1 is 1.19 bits per heavy atom. The van der Waals surface area contributed by atoms with Crippen molar-refractivity contribution in [3.8, 4) is 0 Å². The average molecular weight is 507 g/mol. The highest BCUT2D eigenvalue weighted by molar-refractivity contribution is 7.92. The van der Waals surface area contributed by atoms with E-state index in [2.05, 4.69) is 54.0 Å². The lowest BCUT2D eigenvalue weighted by Gasteiger charge is -2.37. The fraction of sp³-hybridized carbons (Fsp3) is 0.360. The van der Waals surface area contributed by atoms with E-state index in [4.69, 9.17) is 5.73 Å². The molecule has 1 atom stereocenters. The zero-order valence-electron chi connectivity index (χ0n) is 20.6. The lowest BCUT2D eigenvalue weighted by molar-refractivity contribution is 0.100. The molecule has 3 heterocycles. The average Bonchev–Trinajstić information content (AvgIpc) is 2.78. The fourth-order valence-corrected chi connectivity index (χ4v) is 5.60. The van der Waals surface area contributed by atoms with Gasteiger partial charge in [-0.3, -0.25) is 4.79 Å². The standard InChI is InChI=1S/C25H30N8O2S/c1-33-13-16-7-4-6-15-10-18(11-17(14-33)22(15)16)28-25-27-12-19(23(26)34)24(31-25)30-20-8-5-9-21(29-20)32-36(2,3)35/h5,8-12,16H,4,6-7,13-14H2,1-3H3,(H2,26,34)(H2,27,28,29,30,31). The van der Waals surface area contributed by atoms with Crippen LogP contribution in [0.25, 0.3) is 0 Å². The lowest BCUT2D eigenvalue weighted by Crippen LogP contribution is -2.33. The number of nitrogens with two attached hydrogens (primary N) is 1. The van der Waals surface area contributed by atoms with Crippen molar-refractivity contribution in [3.05, 3.63) is 58.8 Å². The van der Waals surface area contributed by atoms with Crippen LogP contribution in [0.15, 0.2) is 40.9 Å². The number of nitrogens with one attached hydrogen (secondary N) is 2. The van der Waals surface area contributed by atoms with Crippen molar-refractivity contribution >= 4 is 44.7 Å². The number of carbonyl (C=O) groups is 1. The first-order valence-corrected chi connectivity index (χ1v) is 14.2. The highest BCUT2D eigenvalue weighted by atomic mass is 32.2. The number of likely N-dealkylation sites (N-methyl/N-ethyl adjacent to an activating group) is 1. The molecule has 2 aromatic heterocycles. The van der Waals surface area contributed by atoms with Crippen molar-refractivity contribution in [2.45, 2.75) is 31.7 Å². The first-order chi connectivity index (χ1) is 17.1. The van der Waals surface area contributed by atoms with Crippen molar-refractivity contribution in [1.82, 2.24) is 19.9 Å². The minimum absolute atomic E-state index is 0.129. The Bertz CT molecular complexity index is 1460. The molecule has 1 aromatic carbocycles. The van der Waals surface area contributed by atoms with E-state index in [1.807, 2.05) is 0 Å². The van der Waals surface area contributed by atoms with E-state index in [0.29, 0.717) is 23.5 Å². The first kappa shape index (κ1) is 24.1. The number of amides is 1. The van der Waals surface area contributed by atoms with Gasteiger partial charge in [-0.1, -0.05) is 6.07 Å². The molecule has 2 aliphatic rings. The van der Waals surface area contributed by atoms with Crippen LogP contribution in [0.3, 0.4) is 0 Å². The number of aromatic nitrogens is 3. The smallest absolute Gasteiger partial charge is 0.254 e. The Morgan fingerprint density at radius 2 is 2.00 bits per heavy atom. The molecule has 3 aromatic rings. The summed E-state index contributed by atoms with van der Waals surface area (Å²) in [6.07, 6.45) is 7.97. The quantitative estimate of drug-likeness (QED) is 0.460. The Hall–Kier alpha value is -3.57. The van der Waals surface area contributed by atoms with Gasteiger partial charge >= 0.3 is 0 Å². The van der Waals surface area contributed by atoms with Gasteiger partial charge in [-0.05, 0) is 73.2 Å². The second-order valence-electron chi connectivity index (χ2n) is 9.72. The van der Waals surface area contributed by atoms with Crippen LogP contribution in [-0.4, -0.2) is 56.1 Å². The summed E-state index contributed by atoms with van der Waals surface area (Å²) < 4.78 is 16.2. The third-order valence-electron chi connectivity index (χ3n) is 6.34. The molecular formula is C25H30N8O2S. The molecule has 0 saturated heterocycles. The van der Waals surface area contributed by atoms with E-state index in [9.17, 15) is 9.00 Å². The van der Waals surface area contributed by atoms with Crippen molar-refractivity contribution < 1.29 is 9.00 Å². The molecule has 0 bridgehead atoms. The number of carbonyl (C=O) groups excluding carboxylic acids is 1. The van der Waals surface area contributed by atoms with Crippen molar-refractivity contribution in [3.63, 3.8) is 0 Å². The predicted octanol–water partition coefficient (Wildman–Crippen LogP) is 3.68. The number of benzene rings is 1. The molecule has 0 spiro atoms. The maximum Gasteiger partial charge on any atom is 0.254 e. The maximum absolute atomic E-state index is 12.0. The lowest BCUT2D eigenvalue weighted by atomic mass is 9.77. The molecule has 10 nitrogen and oxygen atoms in total. The van der Waals surface area contributed by atoms with Crippen LogP contribution in [0.1, 0.15) is 45.8 Å². The molecule has 36 heavy (non-hydrogen) atoms. The summed E-state index contributed by atoms with van der Waals surface area (Å²) in [5.41, 5.74) is 10.9. The van der Waals surface area contributed by atoms with Gasteiger partial charge in [-0.25, -0.2) is 14.2 Å². The van der Waals surface area contributed by atoms with Gasteiger partial charge in [0.15, 0.2) is 5.82 Å². The molecule has 0 saturated carbocycles. The second-order valence-corrected chi connectivity index (χ2v) is 12.3. The maximum atomic E-state index is 12.0. The molecule has 11 heteroatoms. The molecule has 1 unspecified atom stereocenters. The fourth-order valence-electron chi connectivity index (χ4n) is 5.05. The van der Waals surface area contributed by atoms with Crippen LogP contribution >= 0.6 is 0 Å². The molecule has 0 fully saturated rings. The third kappa shape index (κ3) is 5.31. The first-order valence-electron chi connectivity index (χ1n) is 11.8. The zero-order chi connectivity index (χ0) is 25.4. The third-order valence-corrected chi connectivity index (χ3v) is 6.96. The summed E-state index contributed by atoms with van der Waals surface area (Å²) in [5.74, 6) is 1.19. The van der Waals surface area contributed by atoms with Gasteiger partial charge in [-0.15, -0.1) is 0 Å². The van der Waals surface area contributed by atoms with Crippen LogP contribution in [-0.2, 0) is 22.7 Å². The minimum atomic E-state index is -2.37. The number of primary amides is 1. The van der Waals surface area contributed by atoms with Crippen LogP contribution in [0.4, 0.5) is 29.1 Å². The summed E-state index contributed by atoms with van der Waals surface area (Å²) >= 11 is 0. The van der Waals surface area contributed by atoms with E-state index >= 15 is 0 Å². The van der Waals surface area contributed by atoms with Crippen molar-refractivity contribution in [1.29, 1.82) is 0 Å². The Morgan fingerprint density at radius 3 is 2.78 bits per heavy atom. The van der Waals surface area contributed by atoms with E-state index in [0.717, 1.165) is 25.2 Å². The molecule has 188 valence electrons. The highest BCUT2D eigenvalue weighted by Gasteiger charge is 2.29. The zero-order valence-corrected chi connectivity index (χ0v) is 21.4. The molecule has 5 rings (SSSR count). The molecule has 1 aliphatic carbocycles. The largest absolute Gasteiger partial charge is 0.365 e. The van der Waals surface area contributed by atoms with Crippen LogP contribution in [0, 0.1) is 0 Å². The van der Waals surface area contributed by atoms with E-state index in [1.165, 1.54) is 48.2 Å². The highest BCUT2D eigenvalue weighted by Crippen LogP contribution is 2.40. The van der Waals surface area contributed by atoms with Crippen LogP contribution < -0.4 is 16.4 Å². The SMILES string of the molecule is CN1Cc2cc(Nc3ncc(C(N)=O)c(Nc4cccc(N=S(C)(C)=O)n4)n3)cc3c2C(CCC3)C1. The number of anilines is 4. The number of rotatable bonds is 6. The predicted molar refractivity (Wildman–Crippen MR) is 142 cm³/mol. The Labute approximate surface area is 210 Å². The Kier molecular flexibility index (Phi) is 6.35. The van der Waals surface area contributed by atoms with Gasteiger partial charge in [0.2, 0.25) is 5.95 Å². The van der Waals surface area contributed by atoms with Gasteiger partial charge in [0, 0.05) is 47.2 Å². The summed E-state index contributed by atoms with van der Waals surface area (Å²) in [6, 6.07) is 9.45. The number of pyridine rings is 1. The van der Waals surface area contributed by atoms with Crippen LogP contribution in [0.5, 0.6) is 0 Å². The summed E-state index contributed by atoms with van der Waals surface area (Å²) in [6.45, 7) is 2.02. The Balaban J connectivity index is 1.46. The molecule has 1 aliphatic heterocycles. The van der Waals surface area contributed by atoms with Gasteiger partial charge in [0.1, 0.15) is 17.2 Å².